The van der Waals surface area contributed by atoms with Crippen molar-refractivity contribution in [3.63, 3.8) is 0 Å². The quantitative estimate of drug-likeness (QED) is 0.489. The van der Waals surface area contributed by atoms with E-state index in [0.717, 1.165) is 81.3 Å². The van der Waals surface area contributed by atoms with Crippen molar-refractivity contribution in [2.45, 2.75) is 95.4 Å². The lowest BCUT2D eigenvalue weighted by molar-refractivity contribution is -0.137. The van der Waals surface area contributed by atoms with Gasteiger partial charge in [0.15, 0.2) is 0 Å². The van der Waals surface area contributed by atoms with Crippen molar-refractivity contribution >= 4 is 17.6 Å². The Kier molecular flexibility index (Phi) is 6.85. The number of benzene rings is 1. The number of hydrogen-bond acceptors (Lipinski definition) is 4. The number of aromatic carboxylic acids is 1. The fourth-order valence-electron chi connectivity index (χ4n) is 6.31. The van der Waals surface area contributed by atoms with E-state index >= 15 is 0 Å². The fourth-order valence-corrected chi connectivity index (χ4v) is 6.31. The lowest BCUT2D eigenvalue weighted by Gasteiger charge is -2.34. The van der Waals surface area contributed by atoms with Crippen molar-refractivity contribution < 1.29 is 14.7 Å². The Morgan fingerprint density at radius 2 is 1.91 bits per heavy atom. The molecule has 2 saturated carbocycles. The van der Waals surface area contributed by atoms with Crippen LogP contribution in [-0.2, 0) is 4.79 Å². The van der Waals surface area contributed by atoms with Gasteiger partial charge in [-0.05, 0) is 81.0 Å². The molecule has 0 radical (unpaired) electrons. The summed E-state index contributed by atoms with van der Waals surface area (Å²) in [5.41, 5.74) is 10.0. The van der Waals surface area contributed by atoms with Crippen molar-refractivity contribution in [1.82, 2.24) is 14.7 Å². The number of anilines is 1. The zero-order chi connectivity index (χ0) is 24.5. The Morgan fingerprint density at radius 1 is 1.09 bits per heavy atom. The predicted molar refractivity (Wildman–Crippen MR) is 136 cm³/mol. The van der Waals surface area contributed by atoms with E-state index in [2.05, 4.69) is 23.0 Å². The molecular formula is C28H38N4O3. The zero-order valence-corrected chi connectivity index (χ0v) is 20.8. The maximum absolute atomic E-state index is 13.5. The van der Waals surface area contributed by atoms with Crippen LogP contribution in [-0.4, -0.2) is 44.3 Å². The Labute approximate surface area is 207 Å². The first-order chi connectivity index (χ1) is 17.0. The molecule has 0 spiro atoms. The molecule has 35 heavy (non-hydrogen) atoms. The molecule has 3 atom stereocenters. The van der Waals surface area contributed by atoms with Crippen molar-refractivity contribution in [2.24, 2.45) is 5.92 Å². The molecule has 0 bridgehead atoms. The van der Waals surface area contributed by atoms with Gasteiger partial charge in [0.1, 0.15) is 5.56 Å². The van der Waals surface area contributed by atoms with Crippen molar-refractivity contribution in [3.05, 3.63) is 41.2 Å². The Morgan fingerprint density at radius 3 is 2.66 bits per heavy atom. The summed E-state index contributed by atoms with van der Waals surface area (Å²) in [6.45, 7) is 3.12. The third-order valence-electron chi connectivity index (χ3n) is 8.25. The summed E-state index contributed by atoms with van der Waals surface area (Å²) in [4.78, 5) is 27.5. The number of likely N-dealkylation sites (tertiary alicyclic amines) is 1. The van der Waals surface area contributed by atoms with Crippen LogP contribution in [0.25, 0.3) is 5.69 Å². The molecule has 3 unspecified atom stereocenters. The first-order valence-corrected chi connectivity index (χ1v) is 13.5. The van der Waals surface area contributed by atoms with E-state index in [1.165, 1.54) is 19.0 Å². The monoisotopic (exact) mass is 478 g/mol. The van der Waals surface area contributed by atoms with E-state index < -0.39 is 5.97 Å². The maximum atomic E-state index is 13.5. The van der Waals surface area contributed by atoms with Gasteiger partial charge in [-0.2, -0.15) is 5.10 Å². The topological polar surface area (TPSA) is 101 Å². The number of nitrogens with two attached hydrogens (primary N) is 1. The Bertz CT molecular complexity index is 1090. The highest BCUT2D eigenvalue weighted by molar-refractivity contribution is 5.89. The van der Waals surface area contributed by atoms with E-state index in [9.17, 15) is 14.7 Å². The lowest BCUT2D eigenvalue weighted by Crippen LogP contribution is -2.41. The third-order valence-corrected chi connectivity index (χ3v) is 8.25. The summed E-state index contributed by atoms with van der Waals surface area (Å²) < 4.78 is 1.77. The number of carboxylic acid groups (broad SMARTS) is 1. The van der Waals surface area contributed by atoms with Crippen LogP contribution in [0.3, 0.4) is 0 Å². The van der Waals surface area contributed by atoms with Crippen LogP contribution in [0.1, 0.15) is 111 Å². The molecule has 3 N–H and O–H groups in total. The number of hydrogen-bond donors (Lipinski definition) is 2. The van der Waals surface area contributed by atoms with Crippen LogP contribution >= 0.6 is 0 Å². The molecule has 2 heterocycles. The minimum absolute atomic E-state index is 0.0752. The normalized spacial score (nSPS) is 24.6. The van der Waals surface area contributed by atoms with E-state index in [0.29, 0.717) is 17.6 Å². The Balaban J connectivity index is 1.37. The second-order valence-electron chi connectivity index (χ2n) is 10.8. The highest BCUT2D eigenvalue weighted by atomic mass is 16.4. The summed E-state index contributed by atoms with van der Waals surface area (Å²) >= 11 is 0. The molecule has 188 valence electrons. The van der Waals surface area contributed by atoms with Crippen LogP contribution in [0.5, 0.6) is 0 Å². The average molecular weight is 479 g/mol. The number of unbranched alkanes of at least 4 members (excludes halogenated alkanes) is 1. The van der Waals surface area contributed by atoms with Crippen LogP contribution < -0.4 is 5.73 Å². The average Bonchev–Trinajstić information content (AvgIpc) is 3.41. The number of amides is 1. The highest BCUT2D eigenvalue weighted by Crippen LogP contribution is 2.43. The molecule has 2 aromatic rings. The second-order valence-corrected chi connectivity index (χ2v) is 10.8. The molecule has 1 aliphatic heterocycles. The summed E-state index contributed by atoms with van der Waals surface area (Å²) in [7, 11) is 0. The third kappa shape index (κ3) is 4.95. The van der Waals surface area contributed by atoms with E-state index in [-0.39, 0.29) is 23.3 Å². The zero-order valence-electron chi connectivity index (χ0n) is 20.8. The first kappa shape index (κ1) is 23.9. The van der Waals surface area contributed by atoms with Gasteiger partial charge >= 0.3 is 5.97 Å². The predicted octanol–water partition coefficient (Wildman–Crippen LogP) is 5.49. The van der Waals surface area contributed by atoms with Gasteiger partial charge in [0.25, 0.3) is 0 Å². The molecule has 1 aromatic heterocycles. The fraction of sp³-hybridized carbons (Fsp3) is 0.607. The summed E-state index contributed by atoms with van der Waals surface area (Å²) in [6, 6.07) is 6.44. The van der Waals surface area contributed by atoms with Crippen molar-refractivity contribution in [3.8, 4) is 5.69 Å². The summed E-state index contributed by atoms with van der Waals surface area (Å²) in [5, 5.41) is 14.1. The smallest absolute Gasteiger partial charge is 0.339 e. The number of carboxylic acids is 1. The van der Waals surface area contributed by atoms with Gasteiger partial charge in [-0.25, -0.2) is 9.48 Å². The molecule has 1 amide bonds. The molecule has 1 aromatic carbocycles. The van der Waals surface area contributed by atoms with Gasteiger partial charge in [0, 0.05) is 30.1 Å². The van der Waals surface area contributed by atoms with Gasteiger partial charge < -0.3 is 15.7 Å². The van der Waals surface area contributed by atoms with E-state index in [1.807, 2.05) is 12.1 Å². The largest absolute Gasteiger partial charge is 0.478 e. The highest BCUT2D eigenvalue weighted by Gasteiger charge is 2.36. The number of rotatable bonds is 8. The summed E-state index contributed by atoms with van der Waals surface area (Å²) in [6.07, 6.45) is 13.1. The molecule has 1 saturated heterocycles. The van der Waals surface area contributed by atoms with Crippen LogP contribution in [0.2, 0.25) is 0 Å². The first-order valence-electron chi connectivity index (χ1n) is 13.5. The number of nitrogens with zero attached hydrogens (tertiary/aromatic N) is 3. The van der Waals surface area contributed by atoms with Crippen molar-refractivity contribution in [1.29, 1.82) is 0 Å². The molecule has 3 aliphatic rings. The molecule has 7 nitrogen and oxygen atoms in total. The van der Waals surface area contributed by atoms with Gasteiger partial charge in [0.05, 0.1) is 17.6 Å². The van der Waals surface area contributed by atoms with Gasteiger partial charge in [0.2, 0.25) is 5.91 Å². The number of carbonyl (C=O) groups excluding carboxylic acids is 1. The number of aromatic nitrogens is 2. The number of nitrogen functional groups attached to an aromatic ring is 1. The SMILES string of the molecule is CCCCC1CCCN1C(=O)C1CCCC(c2cc(N)cc(-n3ncc(C(=O)O)c3C3CC3)c2)C1. The molecule has 2 aliphatic carbocycles. The molecule has 5 rings (SSSR count). The van der Waals surface area contributed by atoms with Crippen LogP contribution in [0, 0.1) is 5.92 Å². The standard InChI is InChI=1S/C28H38N4O3/c1-2-3-8-23-9-5-12-31(23)27(33)20-7-4-6-19(13-20)21-14-22(29)16-24(15-21)32-26(18-10-11-18)25(17-30-32)28(34)35/h14-20,23H,2-13,29H2,1H3,(H,34,35). The van der Waals surface area contributed by atoms with Crippen LogP contribution in [0.4, 0.5) is 5.69 Å². The Hall–Kier alpha value is -2.83. The number of carbonyl (C=O) groups is 2. The van der Waals surface area contributed by atoms with Crippen molar-refractivity contribution in [2.75, 3.05) is 12.3 Å². The minimum atomic E-state index is -0.935. The second kappa shape index (κ2) is 10.0. The lowest BCUT2D eigenvalue weighted by atomic mass is 9.77. The maximum Gasteiger partial charge on any atom is 0.339 e. The van der Waals surface area contributed by atoms with Gasteiger partial charge in [-0.3, -0.25) is 4.79 Å². The molecular weight excluding hydrogens is 440 g/mol. The molecule has 7 heteroatoms. The van der Waals surface area contributed by atoms with Gasteiger partial charge in [-0.1, -0.05) is 26.2 Å². The summed E-state index contributed by atoms with van der Waals surface area (Å²) in [5.74, 6) is 0.00898. The molecule has 3 fully saturated rings. The van der Waals surface area contributed by atoms with E-state index in [1.54, 1.807) is 4.68 Å². The van der Waals surface area contributed by atoms with Gasteiger partial charge in [-0.15, -0.1) is 0 Å². The minimum Gasteiger partial charge on any atom is -0.478 e. The van der Waals surface area contributed by atoms with E-state index in [4.69, 9.17) is 5.73 Å². The van der Waals surface area contributed by atoms with Crippen LogP contribution in [0.15, 0.2) is 24.4 Å².